The van der Waals surface area contributed by atoms with E-state index in [1.165, 1.54) is 0 Å². The van der Waals surface area contributed by atoms with Crippen LogP contribution < -0.4 is 16.0 Å². The normalized spacial score (nSPS) is 11.6. The maximum absolute atomic E-state index is 11.7. The molecule has 7 heteroatoms. The number of imide groups is 1. The van der Waals surface area contributed by atoms with Crippen LogP contribution in [0.4, 0.5) is 10.5 Å². The molecular formula is C12H15BrClN3O2. The first-order valence-electron chi connectivity index (χ1n) is 5.74. The summed E-state index contributed by atoms with van der Waals surface area (Å²) in [5.41, 5.74) is 0.725. The molecule has 5 nitrogen and oxygen atoms in total. The number of rotatable bonds is 4. The number of anilines is 1. The van der Waals surface area contributed by atoms with Gasteiger partial charge in [-0.2, -0.15) is 0 Å². The van der Waals surface area contributed by atoms with Crippen LogP contribution in [0.1, 0.15) is 13.8 Å². The molecule has 0 saturated heterocycles. The minimum atomic E-state index is -0.555. The van der Waals surface area contributed by atoms with Gasteiger partial charge >= 0.3 is 6.03 Å². The van der Waals surface area contributed by atoms with E-state index in [4.69, 9.17) is 11.6 Å². The van der Waals surface area contributed by atoms with Crippen LogP contribution in [0.2, 0.25) is 5.02 Å². The topological polar surface area (TPSA) is 70.2 Å². The minimum Gasteiger partial charge on any atom is -0.373 e. The van der Waals surface area contributed by atoms with Crippen LogP contribution in [0.3, 0.4) is 0 Å². The standard InChI is InChI=1S/C12H15BrClN3O2/c1-3-15-12(19)17-11(18)7(2)16-10-5-4-8(14)6-9(10)13/h4-7,16H,3H2,1-2H3,(H2,15,17,18,19). The zero-order chi connectivity index (χ0) is 14.4. The van der Waals surface area contributed by atoms with Gasteiger partial charge < -0.3 is 10.6 Å². The molecule has 3 amide bonds. The van der Waals surface area contributed by atoms with Crippen molar-refractivity contribution < 1.29 is 9.59 Å². The SMILES string of the molecule is CCNC(=O)NC(=O)C(C)Nc1ccc(Cl)cc1Br. The second-order valence-corrected chi connectivity index (χ2v) is 5.13. The second-order valence-electron chi connectivity index (χ2n) is 3.84. The average molecular weight is 349 g/mol. The Morgan fingerprint density at radius 3 is 2.68 bits per heavy atom. The van der Waals surface area contributed by atoms with E-state index in [9.17, 15) is 9.59 Å². The zero-order valence-corrected chi connectivity index (χ0v) is 12.9. The highest BCUT2D eigenvalue weighted by molar-refractivity contribution is 9.10. The molecule has 1 rings (SSSR count). The van der Waals surface area contributed by atoms with Crippen molar-refractivity contribution in [2.45, 2.75) is 19.9 Å². The van der Waals surface area contributed by atoms with E-state index in [2.05, 4.69) is 31.9 Å². The summed E-state index contributed by atoms with van der Waals surface area (Å²) in [6.45, 7) is 3.90. The molecule has 3 N–H and O–H groups in total. The van der Waals surface area contributed by atoms with E-state index in [0.717, 1.165) is 10.2 Å². The first kappa shape index (κ1) is 15.8. The molecule has 0 saturated carbocycles. The quantitative estimate of drug-likeness (QED) is 0.783. The Bertz CT molecular complexity index is 482. The molecular weight excluding hydrogens is 334 g/mol. The van der Waals surface area contributed by atoms with Crippen LogP contribution in [-0.4, -0.2) is 24.5 Å². The number of benzene rings is 1. The molecule has 0 bridgehead atoms. The number of carbonyl (C=O) groups is 2. The van der Waals surface area contributed by atoms with Crippen LogP contribution in [0.15, 0.2) is 22.7 Å². The fourth-order valence-electron chi connectivity index (χ4n) is 1.33. The van der Waals surface area contributed by atoms with E-state index >= 15 is 0 Å². The number of carbonyl (C=O) groups excluding carboxylic acids is 2. The molecule has 1 aromatic rings. The van der Waals surface area contributed by atoms with Gasteiger partial charge in [0.2, 0.25) is 5.91 Å². The molecule has 19 heavy (non-hydrogen) atoms. The number of hydrogen-bond donors (Lipinski definition) is 3. The molecule has 1 aromatic carbocycles. The molecule has 0 radical (unpaired) electrons. The van der Waals surface area contributed by atoms with Gasteiger partial charge in [0.1, 0.15) is 6.04 Å². The summed E-state index contributed by atoms with van der Waals surface area (Å²) in [7, 11) is 0. The van der Waals surface area contributed by atoms with Crippen molar-refractivity contribution in [2.75, 3.05) is 11.9 Å². The Hall–Kier alpha value is -1.27. The van der Waals surface area contributed by atoms with Crippen molar-refractivity contribution in [1.29, 1.82) is 0 Å². The predicted octanol–water partition coefficient (Wildman–Crippen LogP) is 2.75. The summed E-state index contributed by atoms with van der Waals surface area (Å²) in [6.07, 6.45) is 0. The Balaban J connectivity index is 2.61. The summed E-state index contributed by atoms with van der Waals surface area (Å²) >= 11 is 9.17. The largest absolute Gasteiger partial charge is 0.373 e. The third kappa shape index (κ3) is 5.08. The van der Waals surface area contributed by atoms with Crippen molar-refractivity contribution in [3.05, 3.63) is 27.7 Å². The van der Waals surface area contributed by atoms with Gasteiger partial charge in [-0.05, 0) is 48.0 Å². The van der Waals surface area contributed by atoms with Gasteiger partial charge in [0.05, 0.1) is 0 Å². The Morgan fingerprint density at radius 2 is 2.11 bits per heavy atom. The lowest BCUT2D eigenvalue weighted by molar-refractivity contribution is -0.120. The van der Waals surface area contributed by atoms with Crippen molar-refractivity contribution in [2.24, 2.45) is 0 Å². The van der Waals surface area contributed by atoms with E-state index in [1.807, 2.05) is 0 Å². The van der Waals surface area contributed by atoms with Crippen LogP contribution in [0.5, 0.6) is 0 Å². The number of urea groups is 1. The highest BCUT2D eigenvalue weighted by atomic mass is 79.9. The fourth-order valence-corrected chi connectivity index (χ4v) is 2.13. The van der Waals surface area contributed by atoms with Crippen LogP contribution in [0.25, 0.3) is 0 Å². The molecule has 0 aliphatic rings. The molecule has 0 aromatic heterocycles. The fraction of sp³-hybridized carbons (Fsp3) is 0.333. The molecule has 0 aliphatic heterocycles. The van der Waals surface area contributed by atoms with Crippen molar-refractivity contribution in [3.8, 4) is 0 Å². The smallest absolute Gasteiger partial charge is 0.321 e. The molecule has 1 unspecified atom stereocenters. The van der Waals surface area contributed by atoms with Crippen molar-refractivity contribution >= 4 is 45.2 Å². The van der Waals surface area contributed by atoms with Gasteiger partial charge in [0.25, 0.3) is 0 Å². The Labute approximate surface area is 125 Å². The summed E-state index contributed by atoms with van der Waals surface area (Å²) < 4.78 is 0.748. The Morgan fingerprint density at radius 1 is 1.42 bits per heavy atom. The first-order chi connectivity index (χ1) is 8.93. The van der Waals surface area contributed by atoms with Crippen LogP contribution in [-0.2, 0) is 4.79 Å². The van der Waals surface area contributed by atoms with E-state index < -0.39 is 18.0 Å². The number of amides is 3. The van der Waals surface area contributed by atoms with E-state index in [1.54, 1.807) is 32.0 Å². The summed E-state index contributed by atoms with van der Waals surface area (Å²) in [6, 6.07) is 4.13. The van der Waals surface area contributed by atoms with Crippen molar-refractivity contribution in [3.63, 3.8) is 0 Å². The van der Waals surface area contributed by atoms with Gasteiger partial charge in [-0.15, -0.1) is 0 Å². The molecule has 0 aliphatic carbocycles. The maximum atomic E-state index is 11.7. The lowest BCUT2D eigenvalue weighted by Gasteiger charge is -2.16. The predicted molar refractivity (Wildman–Crippen MR) is 79.5 cm³/mol. The lowest BCUT2D eigenvalue weighted by atomic mass is 10.2. The molecule has 104 valence electrons. The second kappa shape index (κ2) is 7.35. The highest BCUT2D eigenvalue weighted by Crippen LogP contribution is 2.26. The summed E-state index contributed by atoms with van der Waals surface area (Å²) in [5.74, 6) is -0.409. The number of hydrogen-bond acceptors (Lipinski definition) is 3. The first-order valence-corrected chi connectivity index (χ1v) is 6.91. The molecule has 0 fully saturated rings. The van der Waals surface area contributed by atoms with Gasteiger partial charge in [-0.3, -0.25) is 10.1 Å². The molecule has 0 spiro atoms. The van der Waals surface area contributed by atoms with Gasteiger partial charge in [0.15, 0.2) is 0 Å². The van der Waals surface area contributed by atoms with Gasteiger partial charge in [-0.1, -0.05) is 11.6 Å². The van der Waals surface area contributed by atoms with E-state index in [-0.39, 0.29) is 0 Å². The molecule has 0 heterocycles. The van der Waals surface area contributed by atoms with Gasteiger partial charge in [-0.25, -0.2) is 4.79 Å². The lowest BCUT2D eigenvalue weighted by Crippen LogP contribution is -2.45. The number of nitrogens with one attached hydrogen (secondary N) is 3. The van der Waals surface area contributed by atoms with Crippen LogP contribution >= 0.6 is 27.5 Å². The Kier molecular flexibility index (Phi) is 6.11. The zero-order valence-electron chi connectivity index (χ0n) is 10.6. The average Bonchev–Trinajstić information content (AvgIpc) is 2.32. The third-order valence-electron chi connectivity index (χ3n) is 2.27. The molecule has 1 atom stereocenters. The monoisotopic (exact) mass is 347 g/mol. The third-order valence-corrected chi connectivity index (χ3v) is 3.16. The summed E-state index contributed by atoms with van der Waals surface area (Å²) in [5, 5.41) is 8.31. The minimum absolute atomic E-state index is 0.409. The van der Waals surface area contributed by atoms with Crippen molar-refractivity contribution in [1.82, 2.24) is 10.6 Å². The van der Waals surface area contributed by atoms with Crippen LogP contribution in [0, 0.1) is 0 Å². The maximum Gasteiger partial charge on any atom is 0.321 e. The summed E-state index contributed by atoms with van der Waals surface area (Å²) in [4.78, 5) is 23.0. The van der Waals surface area contributed by atoms with Gasteiger partial charge in [0, 0.05) is 21.7 Å². The van der Waals surface area contributed by atoms with E-state index in [0.29, 0.717) is 11.6 Å². The number of halogens is 2. The highest BCUT2D eigenvalue weighted by Gasteiger charge is 2.16.